The highest BCUT2D eigenvalue weighted by Crippen LogP contribution is 2.23. The molecule has 1 aromatic carbocycles. The van der Waals surface area contributed by atoms with Crippen molar-refractivity contribution in [2.75, 3.05) is 0 Å². The van der Waals surface area contributed by atoms with Crippen molar-refractivity contribution in [3.8, 4) is 0 Å². The van der Waals surface area contributed by atoms with E-state index in [-0.39, 0.29) is 0 Å². The Morgan fingerprint density at radius 2 is 1.89 bits per heavy atom. The van der Waals surface area contributed by atoms with E-state index in [1.165, 1.54) is 42.5 Å². The molecule has 1 N–H and O–H groups in total. The lowest BCUT2D eigenvalue weighted by Gasteiger charge is -2.23. The van der Waals surface area contributed by atoms with Gasteiger partial charge in [0.05, 0.1) is 0 Å². The van der Waals surface area contributed by atoms with E-state index in [9.17, 15) is 0 Å². The third kappa shape index (κ3) is 3.17. The number of hydrogen-bond donors (Lipinski definition) is 1. The Hall–Kier alpha value is -1.76. The zero-order valence-corrected chi connectivity index (χ0v) is 11.3. The lowest BCUT2D eigenvalue weighted by molar-refractivity contribution is 0.595. The molecular weight excluding hydrogens is 230 g/mol. The smallest absolute Gasteiger partial charge is 0.0479 e. The van der Waals surface area contributed by atoms with Crippen molar-refractivity contribution >= 4 is 5.57 Å². The summed E-state index contributed by atoms with van der Waals surface area (Å²) in [6.07, 6.45) is 15.5. The average molecular weight is 251 g/mol. The first-order chi connectivity index (χ1) is 9.42. The van der Waals surface area contributed by atoms with E-state index in [4.69, 9.17) is 0 Å². The van der Waals surface area contributed by atoms with Gasteiger partial charge in [-0.3, -0.25) is 0 Å². The van der Waals surface area contributed by atoms with Crippen LogP contribution in [0.15, 0.2) is 60.3 Å². The Balaban J connectivity index is 1.61. The molecular formula is C18H21N. The van der Waals surface area contributed by atoms with Crippen molar-refractivity contribution in [2.24, 2.45) is 0 Å². The van der Waals surface area contributed by atoms with Crippen LogP contribution < -0.4 is 5.32 Å². The predicted molar refractivity (Wildman–Crippen MR) is 81.7 cm³/mol. The zero-order chi connectivity index (χ0) is 12.9. The van der Waals surface area contributed by atoms with Crippen LogP contribution in [0, 0.1) is 0 Å². The largest absolute Gasteiger partial charge is 0.382 e. The van der Waals surface area contributed by atoms with Gasteiger partial charge in [0.1, 0.15) is 0 Å². The summed E-state index contributed by atoms with van der Waals surface area (Å²) in [6, 6.07) is 11.1. The van der Waals surface area contributed by atoms with Gasteiger partial charge in [0.25, 0.3) is 0 Å². The monoisotopic (exact) mass is 251 g/mol. The fraction of sp³-hybridized carbons (Fsp3) is 0.333. The fourth-order valence-corrected chi connectivity index (χ4v) is 2.78. The number of hydrogen-bond acceptors (Lipinski definition) is 1. The Morgan fingerprint density at radius 3 is 2.58 bits per heavy atom. The van der Waals surface area contributed by atoms with Crippen molar-refractivity contribution in [3.63, 3.8) is 0 Å². The molecule has 1 atom stereocenters. The van der Waals surface area contributed by atoms with Crippen molar-refractivity contribution in [2.45, 2.75) is 38.1 Å². The third-order valence-corrected chi connectivity index (χ3v) is 3.87. The number of allylic oxidation sites excluding steroid dienone is 4. The maximum absolute atomic E-state index is 3.66. The van der Waals surface area contributed by atoms with Crippen LogP contribution in [0.3, 0.4) is 0 Å². The zero-order valence-electron chi connectivity index (χ0n) is 11.3. The molecule has 0 amide bonds. The molecule has 98 valence electrons. The van der Waals surface area contributed by atoms with E-state index in [0.717, 1.165) is 6.42 Å². The summed E-state index contributed by atoms with van der Waals surface area (Å²) < 4.78 is 0. The Kier molecular flexibility index (Phi) is 3.83. The van der Waals surface area contributed by atoms with Gasteiger partial charge in [-0.1, -0.05) is 54.6 Å². The molecule has 0 heterocycles. The molecule has 0 bridgehead atoms. The van der Waals surface area contributed by atoms with Gasteiger partial charge in [0.15, 0.2) is 0 Å². The standard InChI is InChI=1S/C18H21N/c1-3-7-15(8-4-1)16-11-13-18(14-12-16)19-17-9-5-2-6-10-17/h1,3-4,7-9,11-13,18-19H,2,5-6,10,14H2/t18-/m0/s1. The lowest BCUT2D eigenvalue weighted by Crippen LogP contribution is -2.27. The first-order valence-electron chi connectivity index (χ1n) is 7.31. The van der Waals surface area contributed by atoms with E-state index < -0.39 is 0 Å². The van der Waals surface area contributed by atoms with Crippen molar-refractivity contribution in [1.82, 2.24) is 5.32 Å². The highest BCUT2D eigenvalue weighted by molar-refractivity contribution is 5.75. The second-order valence-electron chi connectivity index (χ2n) is 5.35. The average Bonchev–Trinajstić information content (AvgIpc) is 2.50. The van der Waals surface area contributed by atoms with Gasteiger partial charge < -0.3 is 5.32 Å². The quantitative estimate of drug-likeness (QED) is 0.837. The molecule has 19 heavy (non-hydrogen) atoms. The summed E-state index contributed by atoms with van der Waals surface area (Å²) in [7, 11) is 0. The van der Waals surface area contributed by atoms with E-state index in [0.29, 0.717) is 6.04 Å². The molecule has 1 nitrogen and oxygen atoms in total. The minimum absolute atomic E-state index is 0.469. The minimum atomic E-state index is 0.469. The Bertz CT molecular complexity index is 508. The predicted octanol–water partition coefficient (Wildman–Crippen LogP) is 4.45. The van der Waals surface area contributed by atoms with Crippen LogP contribution in [0.1, 0.15) is 37.7 Å². The van der Waals surface area contributed by atoms with Crippen LogP contribution in [0.25, 0.3) is 5.57 Å². The molecule has 0 saturated heterocycles. The molecule has 0 spiro atoms. The van der Waals surface area contributed by atoms with Gasteiger partial charge in [0, 0.05) is 11.7 Å². The molecule has 1 heteroatoms. The molecule has 2 aliphatic carbocycles. The fourth-order valence-electron chi connectivity index (χ4n) is 2.78. The number of rotatable bonds is 3. The molecule has 1 aromatic rings. The van der Waals surface area contributed by atoms with E-state index in [1.807, 2.05) is 0 Å². The Labute approximate surface area is 115 Å². The minimum Gasteiger partial charge on any atom is -0.382 e. The first kappa shape index (κ1) is 12.3. The van der Waals surface area contributed by atoms with Gasteiger partial charge in [-0.05, 0) is 43.2 Å². The van der Waals surface area contributed by atoms with Crippen LogP contribution in [-0.2, 0) is 0 Å². The van der Waals surface area contributed by atoms with Crippen molar-refractivity contribution < 1.29 is 0 Å². The van der Waals surface area contributed by atoms with E-state index >= 15 is 0 Å². The second kappa shape index (κ2) is 5.92. The highest BCUT2D eigenvalue weighted by Gasteiger charge is 2.11. The molecule has 0 unspecified atom stereocenters. The molecule has 3 rings (SSSR count). The van der Waals surface area contributed by atoms with Gasteiger partial charge in [-0.15, -0.1) is 0 Å². The van der Waals surface area contributed by atoms with Gasteiger partial charge in [-0.25, -0.2) is 0 Å². The van der Waals surface area contributed by atoms with Crippen LogP contribution >= 0.6 is 0 Å². The summed E-state index contributed by atoms with van der Waals surface area (Å²) in [4.78, 5) is 0. The maximum atomic E-state index is 3.66. The molecule has 0 saturated carbocycles. The van der Waals surface area contributed by atoms with E-state index in [2.05, 4.69) is 60.0 Å². The van der Waals surface area contributed by atoms with Crippen LogP contribution in [0.2, 0.25) is 0 Å². The molecule has 0 radical (unpaired) electrons. The maximum Gasteiger partial charge on any atom is 0.0479 e. The number of nitrogens with one attached hydrogen (secondary N) is 1. The summed E-state index contributed by atoms with van der Waals surface area (Å²) in [5.41, 5.74) is 4.10. The normalized spacial score (nSPS) is 22.6. The summed E-state index contributed by atoms with van der Waals surface area (Å²) in [5.74, 6) is 0. The second-order valence-corrected chi connectivity index (χ2v) is 5.35. The molecule has 0 aliphatic heterocycles. The third-order valence-electron chi connectivity index (χ3n) is 3.87. The Morgan fingerprint density at radius 1 is 1.00 bits per heavy atom. The first-order valence-corrected chi connectivity index (χ1v) is 7.31. The van der Waals surface area contributed by atoms with Crippen molar-refractivity contribution in [1.29, 1.82) is 0 Å². The SMILES string of the molecule is C1=C[C@H](NC2=CCCCC2)CC=C1c1ccccc1. The lowest BCUT2D eigenvalue weighted by atomic mass is 9.96. The van der Waals surface area contributed by atoms with Gasteiger partial charge >= 0.3 is 0 Å². The van der Waals surface area contributed by atoms with Gasteiger partial charge in [-0.2, -0.15) is 0 Å². The van der Waals surface area contributed by atoms with Crippen LogP contribution in [0.4, 0.5) is 0 Å². The summed E-state index contributed by atoms with van der Waals surface area (Å²) in [5, 5.41) is 3.66. The molecule has 0 fully saturated rings. The molecule has 2 aliphatic rings. The van der Waals surface area contributed by atoms with E-state index in [1.54, 1.807) is 0 Å². The topological polar surface area (TPSA) is 12.0 Å². The summed E-state index contributed by atoms with van der Waals surface area (Å²) in [6.45, 7) is 0. The summed E-state index contributed by atoms with van der Waals surface area (Å²) >= 11 is 0. The molecule has 0 aromatic heterocycles. The highest BCUT2D eigenvalue weighted by atomic mass is 14.9. The number of benzene rings is 1. The van der Waals surface area contributed by atoms with Crippen LogP contribution in [-0.4, -0.2) is 6.04 Å². The van der Waals surface area contributed by atoms with Crippen LogP contribution in [0.5, 0.6) is 0 Å². The van der Waals surface area contributed by atoms with Gasteiger partial charge in [0.2, 0.25) is 0 Å². The van der Waals surface area contributed by atoms with Crippen molar-refractivity contribution in [3.05, 3.63) is 65.9 Å².